The van der Waals surface area contributed by atoms with Crippen molar-refractivity contribution in [3.63, 3.8) is 0 Å². The molecule has 1 saturated heterocycles. The molecule has 0 atom stereocenters. The van der Waals surface area contributed by atoms with Gasteiger partial charge in [-0.1, -0.05) is 18.4 Å². The van der Waals surface area contributed by atoms with E-state index < -0.39 is 5.92 Å². The fourth-order valence-corrected chi connectivity index (χ4v) is 3.00. The van der Waals surface area contributed by atoms with Crippen LogP contribution in [0, 0.1) is 11.8 Å². The number of rotatable bonds is 4. The van der Waals surface area contributed by atoms with Crippen LogP contribution in [0.15, 0.2) is 55.6 Å². The maximum absolute atomic E-state index is 13.4. The predicted molar refractivity (Wildman–Crippen MR) is 107 cm³/mol. The smallest absolute Gasteiger partial charge is 0.266 e. The number of pyridine rings is 2. The number of halogens is 2. The summed E-state index contributed by atoms with van der Waals surface area (Å²) in [4.78, 5) is 9.90. The van der Waals surface area contributed by atoms with Crippen LogP contribution in [0.1, 0.15) is 23.2 Å². The molecule has 0 radical (unpaired) electrons. The number of H-pyrrole nitrogens is 1. The van der Waals surface area contributed by atoms with Crippen LogP contribution in [0.4, 0.5) is 20.3 Å². The van der Waals surface area contributed by atoms with Crippen LogP contribution in [0.25, 0.3) is 5.70 Å². The van der Waals surface area contributed by atoms with E-state index in [2.05, 4.69) is 43.9 Å². The van der Waals surface area contributed by atoms with E-state index in [-0.39, 0.29) is 13.0 Å². The molecule has 1 fully saturated rings. The molecule has 2 N–H and O–H groups in total. The summed E-state index contributed by atoms with van der Waals surface area (Å²) in [5.74, 6) is 3.96. The SMILES string of the molecule is C=C(Nc1ccc(N2CCC(F)(F)C2)nc1)c1[nH]ncc1C#Cc1cccnc1. The lowest BCUT2D eigenvalue weighted by Crippen LogP contribution is -2.25. The average Bonchev–Trinajstić information content (AvgIpc) is 3.34. The number of hydrogen-bond acceptors (Lipinski definition) is 5. The molecule has 1 aliphatic rings. The summed E-state index contributed by atoms with van der Waals surface area (Å²) in [6, 6.07) is 7.19. The second-order valence-electron chi connectivity index (χ2n) is 6.69. The lowest BCUT2D eigenvalue weighted by atomic mass is 10.2. The lowest BCUT2D eigenvalue weighted by Gasteiger charge is -2.17. The molecule has 0 saturated carbocycles. The van der Waals surface area contributed by atoms with Crippen LogP contribution < -0.4 is 10.2 Å². The average molecular weight is 392 g/mol. The molecule has 0 spiro atoms. The van der Waals surface area contributed by atoms with E-state index in [9.17, 15) is 8.78 Å². The van der Waals surface area contributed by atoms with Crippen LogP contribution in [-0.2, 0) is 0 Å². The van der Waals surface area contributed by atoms with Gasteiger partial charge in [0.2, 0.25) is 0 Å². The van der Waals surface area contributed by atoms with Crippen molar-refractivity contribution in [3.05, 3.63) is 72.5 Å². The third-order valence-electron chi connectivity index (χ3n) is 4.48. The first-order valence-corrected chi connectivity index (χ1v) is 9.01. The summed E-state index contributed by atoms with van der Waals surface area (Å²) in [6.07, 6.45) is 6.45. The van der Waals surface area contributed by atoms with Gasteiger partial charge in [-0.25, -0.2) is 13.8 Å². The van der Waals surface area contributed by atoms with Gasteiger partial charge in [-0.15, -0.1) is 0 Å². The maximum atomic E-state index is 13.4. The normalized spacial score (nSPS) is 14.9. The van der Waals surface area contributed by atoms with Crippen LogP contribution >= 0.6 is 0 Å². The maximum Gasteiger partial charge on any atom is 0.266 e. The molecule has 4 heterocycles. The summed E-state index contributed by atoms with van der Waals surface area (Å²) in [5, 5.41) is 10.1. The first kappa shape index (κ1) is 18.6. The molecule has 146 valence electrons. The number of aromatic amines is 1. The molecular weight excluding hydrogens is 374 g/mol. The Morgan fingerprint density at radius 2 is 2.10 bits per heavy atom. The molecule has 8 heteroatoms. The standard InChI is InChI=1S/C21H18F2N6/c1-15(20-17(12-26-28-20)5-4-16-3-2-9-24-11-16)27-18-6-7-19(25-13-18)29-10-8-21(22,23)14-29/h2-3,6-7,9,11-13,27H,1,8,10,14H2,(H,26,28). The highest BCUT2D eigenvalue weighted by atomic mass is 19.3. The molecule has 3 aromatic rings. The van der Waals surface area contributed by atoms with Gasteiger partial charge in [-0.05, 0) is 24.3 Å². The Morgan fingerprint density at radius 1 is 1.21 bits per heavy atom. The van der Waals surface area contributed by atoms with Crippen molar-refractivity contribution in [1.29, 1.82) is 0 Å². The quantitative estimate of drug-likeness (QED) is 0.665. The third-order valence-corrected chi connectivity index (χ3v) is 4.48. The minimum absolute atomic E-state index is 0.145. The van der Waals surface area contributed by atoms with Gasteiger partial charge in [0.15, 0.2) is 0 Å². The van der Waals surface area contributed by atoms with Gasteiger partial charge in [0.05, 0.1) is 41.6 Å². The molecule has 0 amide bonds. The lowest BCUT2D eigenvalue weighted by molar-refractivity contribution is 0.0256. The van der Waals surface area contributed by atoms with Gasteiger partial charge >= 0.3 is 0 Å². The van der Waals surface area contributed by atoms with E-state index in [0.29, 0.717) is 35.0 Å². The van der Waals surface area contributed by atoms with E-state index in [1.807, 2.05) is 12.1 Å². The number of anilines is 2. The summed E-state index contributed by atoms with van der Waals surface area (Å²) < 4.78 is 26.8. The van der Waals surface area contributed by atoms with E-state index in [1.54, 1.807) is 41.8 Å². The molecule has 6 nitrogen and oxygen atoms in total. The van der Waals surface area contributed by atoms with Crippen molar-refractivity contribution in [2.24, 2.45) is 0 Å². The topological polar surface area (TPSA) is 69.7 Å². The second kappa shape index (κ2) is 7.72. The number of aromatic nitrogens is 4. The zero-order chi connectivity index (χ0) is 20.3. The molecule has 0 unspecified atom stereocenters. The van der Waals surface area contributed by atoms with Crippen LogP contribution in [0.5, 0.6) is 0 Å². The first-order chi connectivity index (χ1) is 14.0. The minimum atomic E-state index is -2.65. The van der Waals surface area contributed by atoms with Crippen molar-refractivity contribution >= 4 is 17.2 Å². The Balaban J connectivity index is 1.44. The Morgan fingerprint density at radius 3 is 2.79 bits per heavy atom. The zero-order valence-electron chi connectivity index (χ0n) is 15.5. The van der Waals surface area contributed by atoms with Crippen molar-refractivity contribution in [1.82, 2.24) is 20.2 Å². The zero-order valence-corrected chi connectivity index (χ0v) is 15.5. The van der Waals surface area contributed by atoms with Crippen LogP contribution in [0.3, 0.4) is 0 Å². The molecule has 3 aromatic heterocycles. The van der Waals surface area contributed by atoms with E-state index in [4.69, 9.17) is 0 Å². The van der Waals surface area contributed by atoms with E-state index in [1.165, 1.54) is 0 Å². The Labute approximate surface area is 166 Å². The van der Waals surface area contributed by atoms with Crippen molar-refractivity contribution in [2.75, 3.05) is 23.3 Å². The minimum Gasteiger partial charge on any atom is -0.353 e. The second-order valence-corrected chi connectivity index (χ2v) is 6.69. The van der Waals surface area contributed by atoms with Gasteiger partial charge in [-0.3, -0.25) is 10.1 Å². The first-order valence-electron chi connectivity index (χ1n) is 9.01. The predicted octanol–water partition coefficient (Wildman–Crippen LogP) is 3.53. The monoisotopic (exact) mass is 392 g/mol. The van der Waals surface area contributed by atoms with Crippen LogP contribution in [-0.4, -0.2) is 39.2 Å². The highest BCUT2D eigenvalue weighted by molar-refractivity contribution is 5.76. The highest BCUT2D eigenvalue weighted by Gasteiger charge is 2.38. The fraction of sp³-hybridized carbons (Fsp3) is 0.190. The Kier molecular flexibility index (Phi) is 4.96. The molecule has 0 aliphatic carbocycles. The van der Waals surface area contributed by atoms with Crippen molar-refractivity contribution in [2.45, 2.75) is 12.3 Å². The van der Waals surface area contributed by atoms with Crippen molar-refractivity contribution < 1.29 is 8.78 Å². The molecule has 29 heavy (non-hydrogen) atoms. The van der Waals surface area contributed by atoms with Gasteiger partial charge in [0, 0.05) is 30.9 Å². The number of nitrogens with one attached hydrogen (secondary N) is 2. The van der Waals surface area contributed by atoms with Gasteiger partial charge in [0.25, 0.3) is 5.92 Å². The van der Waals surface area contributed by atoms with E-state index in [0.717, 1.165) is 5.56 Å². The summed E-state index contributed by atoms with van der Waals surface area (Å²) in [7, 11) is 0. The van der Waals surface area contributed by atoms with E-state index >= 15 is 0 Å². The molecule has 0 bridgehead atoms. The molecule has 4 rings (SSSR count). The largest absolute Gasteiger partial charge is 0.353 e. The number of hydrogen-bond donors (Lipinski definition) is 2. The Hall–Kier alpha value is -3.73. The third kappa shape index (κ3) is 4.41. The highest BCUT2D eigenvalue weighted by Crippen LogP contribution is 2.30. The van der Waals surface area contributed by atoms with Gasteiger partial charge in [-0.2, -0.15) is 5.10 Å². The molecule has 1 aliphatic heterocycles. The van der Waals surface area contributed by atoms with Gasteiger partial charge in [0.1, 0.15) is 5.82 Å². The molecule has 0 aromatic carbocycles. The number of alkyl halides is 2. The van der Waals surface area contributed by atoms with Gasteiger partial charge < -0.3 is 10.2 Å². The summed E-state index contributed by atoms with van der Waals surface area (Å²) in [6.45, 7) is 4.03. The summed E-state index contributed by atoms with van der Waals surface area (Å²) in [5.41, 5.74) is 3.40. The molecular formula is C21H18F2N6. The van der Waals surface area contributed by atoms with Crippen molar-refractivity contribution in [3.8, 4) is 11.8 Å². The van der Waals surface area contributed by atoms with Crippen LogP contribution in [0.2, 0.25) is 0 Å². The fourth-order valence-electron chi connectivity index (χ4n) is 3.00. The Bertz CT molecular complexity index is 1060. The number of nitrogens with zero attached hydrogens (tertiary/aromatic N) is 4. The summed E-state index contributed by atoms with van der Waals surface area (Å²) >= 11 is 0.